The lowest BCUT2D eigenvalue weighted by Crippen LogP contribution is -2.28. The molecule has 2 heterocycles. The molecule has 1 unspecified atom stereocenters. The number of rotatable bonds is 4. The predicted octanol–water partition coefficient (Wildman–Crippen LogP) is 2.05. The lowest BCUT2D eigenvalue weighted by Gasteiger charge is -2.14. The van der Waals surface area contributed by atoms with Gasteiger partial charge in [0, 0.05) is 30.5 Å². The first-order valence-electron chi connectivity index (χ1n) is 7.20. The van der Waals surface area contributed by atoms with Gasteiger partial charge in [0.2, 0.25) is 0 Å². The SMILES string of the molecule is CCn1nc(C)c(C(=O)NC(C)c2cnn(C)c2C)c1C. The first-order valence-corrected chi connectivity index (χ1v) is 7.20. The Morgan fingerprint density at radius 3 is 2.48 bits per heavy atom. The Kier molecular flexibility index (Phi) is 4.16. The average Bonchev–Trinajstić information content (AvgIpc) is 2.90. The third kappa shape index (κ3) is 2.70. The van der Waals surface area contributed by atoms with Crippen molar-refractivity contribution in [3.05, 3.63) is 34.4 Å². The molecule has 6 heteroatoms. The van der Waals surface area contributed by atoms with Crippen LogP contribution in [0.2, 0.25) is 0 Å². The van der Waals surface area contributed by atoms with Crippen LogP contribution in [0, 0.1) is 20.8 Å². The van der Waals surface area contributed by atoms with Crippen molar-refractivity contribution >= 4 is 5.91 Å². The summed E-state index contributed by atoms with van der Waals surface area (Å²) in [6, 6.07) is -0.0880. The second kappa shape index (κ2) is 5.71. The highest BCUT2D eigenvalue weighted by molar-refractivity contribution is 5.96. The molecule has 0 saturated carbocycles. The normalized spacial score (nSPS) is 12.5. The van der Waals surface area contributed by atoms with E-state index in [1.807, 2.05) is 51.0 Å². The van der Waals surface area contributed by atoms with Gasteiger partial charge in [-0.25, -0.2) is 0 Å². The summed E-state index contributed by atoms with van der Waals surface area (Å²) in [7, 11) is 1.90. The van der Waals surface area contributed by atoms with Crippen LogP contribution in [0.15, 0.2) is 6.20 Å². The van der Waals surface area contributed by atoms with Crippen LogP contribution >= 0.6 is 0 Å². The number of aryl methyl sites for hydroxylation is 3. The highest BCUT2D eigenvalue weighted by Gasteiger charge is 2.21. The van der Waals surface area contributed by atoms with Crippen molar-refractivity contribution in [2.24, 2.45) is 7.05 Å². The standard InChI is InChI=1S/C15H23N5O/c1-7-20-12(5)14(10(3)18-20)15(21)17-9(2)13-8-16-19(6)11(13)4/h8-9H,7H2,1-6H3,(H,17,21). The molecule has 0 spiro atoms. The molecule has 114 valence electrons. The Balaban J connectivity index is 2.22. The van der Waals surface area contributed by atoms with Gasteiger partial charge < -0.3 is 5.32 Å². The quantitative estimate of drug-likeness (QED) is 0.937. The zero-order valence-electron chi connectivity index (χ0n) is 13.6. The third-order valence-electron chi connectivity index (χ3n) is 4.00. The van der Waals surface area contributed by atoms with Crippen LogP contribution in [0.4, 0.5) is 0 Å². The molecule has 0 aliphatic rings. The maximum absolute atomic E-state index is 12.5. The van der Waals surface area contributed by atoms with Gasteiger partial charge in [-0.15, -0.1) is 0 Å². The van der Waals surface area contributed by atoms with Gasteiger partial charge in [0.05, 0.1) is 23.5 Å². The first-order chi connectivity index (χ1) is 9.86. The van der Waals surface area contributed by atoms with Gasteiger partial charge in [-0.3, -0.25) is 14.2 Å². The fraction of sp³-hybridized carbons (Fsp3) is 0.533. The summed E-state index contributed by atoms with van der Waals surface area (Å²) < 4.78 is 3.66. The zero-order valence-corrected chi connectivity index (χ0v) is 13.6. The van der Waals surface area contributed by atoms with Crippen LogP contribution in [0.1, 0.15) is 52.9 Å². The maximum atomic E-state index is 12.5. The summed E-state index contributed by atoms with van der Waals surface area (Å²) in [5.41, 5.74) is 4.43. The van der Waals surface area contributed by atoms with Crippen LogP contribution in [0.5, 0.6) is 0 Å². The summed E-state index contributed by atoms with van der Waals surface area (Å²) in [6.07, 6.45) is 1.80. The van der Waals surface area contributed by atoms with E-state index in [1.54, 1.807) is 6.20 Å². The minimum atomic E-state index is -0.0880. The van der Waals surface area contributed by atoms with Crippen molar-refractivity contribution in [1.29, 1.82) is 0 Å². The smallest absolute Gasteiger partial charge is 0.255 e. The number of amides is 1. The van der Waals surface area contributed by atoms with E-state index in [0.29, 0.717) is 5.56 Å². The molecule has 0 aliphatic carbocycles. The number of carbonyl (C=O) groups excluding carboxylic acids is 1. The molecule has 2 aromatic rings. The average molecular weight is 289 g/mol. The predicted molar refractivity (Wildman–Crippen MR) is 81.2 cm³/mol. The number of hydrogen-bond acceptors (Lipinski definition) is 3. The Labute approximate surface area is 125 Å². The third-order valence-corrected chi connectivity index (χ3v) is 4.00. The molecule has 1 amide bonds. The molecule has 2 rings (SSSR count). The monoisotopic (exact) mass is 289 g/mol. The Morgan fingerprint density at radius 1 is 1.33 bits per heavy atom. The molecule has 0 bridgehead atoms. The lowest BCUT2D eigenvalue weighted by molar-refractivity contribution is 0.0938. The highest BCUT2D eigenvalue weighted by atomic mass is 16.1. The topological polar surface area (TPSA) is 64.7 Å². The highest BCUT2D eigenvalue weighted by Crippen LogP contribution is 2.18. The van der Waals surface area contributed by atoms with Gasteiger partial charge in [-0.2, -0.15) is 10.2 Å². The van der Waals surface area contributed by atoms with E-state index in [1.165, 1.54) is 0 Å². The van der Waals surface area contributed by atoms with Gasteiger partial charge in [0.15, 0.2) is 0 Å². The van der Waals surface area contributed by atoms with Crippen molar-refractivity contribution in [3.8, 4) is 0 Å². The second-order valence-electron chi connectivity index (χ2n) is 5.37. The summed E-state index contributed by atoms with van der Waals surface area (Å²) in [6.45, 7) is 10.5. The Bertz CT molecular complexity index is 668. The zero-order chi connectivity index (χ0) is 15.7. The first kappa shape index (κ1) is 15.3. The Hall–Kier alpha value is -2.11. The molecular formula is C15H23N5O. The van der Waals surface area contributed by atoms with Gasteiger partial charge in [-0.05, 0) is 34.6 Å². The van der Waals surface area contributed by atoms with E-state index in [9.17, 15) is 4.79 Å². The summed E-state index contributed by atoms with van der Waals surface area (Å²) >= 11 is 0. The van der Waals surface area contributed by atoms with Crippen LogP contribution in [-0.4, -0.2) is 25.5 Å². The number of hydrogen-bond donors (Lipinski definition) is 1. The molecule has 0 aromatic carbocycles. The van der Waals surface area contributed by atoms with Crippen LogP contribution in [-0.2, 0) is 13.6 Å². The van der Waals surface area contributed by atoms with E-state index < -0.39 is 0 Å². The summed E-state index contributed by atoms with van der Waals surface area (Å²) in [5.74, 6) is -0.0829. The number of nitrogens with one attached hydrogen (secondary N) is 1. The molecule has 6 nitrogen and oxygen atoms in total. The van der Waals surface area contributed by atoms with Crippen LogP contribution in [0.3, 0.4) is 0 Å². The van der Waals surface area contributed by atoms with E-state index in [0.717, 1.165) is 29.2 Å². The van der Waals surface area contributed by atoms with Gasteiger partial charge in [-0.1, -0.05) is 0 Å². The molecule has 0 radical (unpaired) electrons. The number of aromatic nitrogens is 4. The summed E-state index contributed by atoms with van der Waals surface area (Å²) in [5, 5.41) is 11.6. The maximum Gasteiger partial charge on any atom is 0.255 e. The molecule has 1 N–H and O–H groups in total. The molecule has 0 aliphatic heterocycles. The molecule has 0 saturated heterocycles. The Morgan fingerprint density at radius 2 is 2.00 bits per heavy atom. The van der Waals surface area contributed by atoms with Gasteiger partial charge in [0.1, 0.15) is 0 Å². The van der Waals surface area contributed by atoms with Crippen LogP contribution < -0.4 is 5.32 Å². The minimum absolute atomic E-state index is 0.0829. The van der Waals surface area contributed by atoms with E-state index in [4.69, 9.17) is 0 Å². The minimum Gasteiger partial charge on any atom is -0.345 e. The van der Waals surface area contributed by atoms with Crippen molar-refractivity contribution < 1.29 is 4.79 Å². The van der Waals surface area contributed by atoms with E-state index in [2.05, 4.69) is 15.5 Å². The molecule has 0 fully saturated rings. The summed E-state index contributed by atoms with van der Waals surface area (Å²) in [4.78, 5) is 12.5. The number of nitrogens with zero attached hydrogens (tertiary/aromatic N) is 4. The van der Waals surface area contributed by atoms with Gasteiger partial charge in [0.25, 0.3) is 5.91 Å². The second-order valence-corrected chi connectivity index (χ2v) is 5.37. The fourth-order valence-electron chi connectivity index (χ4n) is 2.62. The van der Waals surface area contributed by atoms with Crippen molar-refractivity contribution in [3.63, 3.8) is 0 Å². The largest absolute Gasteiger partial charge is 0.345 e. The molecule has 2 aromatic heterocycles. The van der Waals surface area contributed by atoms with Crippen molar-refractivity contribution in [2.75, 3.05) is 0 Å². The molecular weight excluding hydrogens is 266 g/mol. The number of carbonyl (C=O) groups is 1. The van der Waals surface area contributed by atoms with E-state index in [-0.39, 0.29) is 11.9 Å². The molecule has 1 atom stereocenters. The van der Waals surface area contributed by atoms with Crippen LogP contribution in [0.25, 0.3) is 0 Å². The van der Waals surface area contributed by atoms with Crippen molar-refractivity contribution in [1.82, 2.24) is 24.9 Å². The van der Waals surface area contributed by atoms with E-state index >= 15 is 0 Å². The van der Waals surface area contributed by atoms with Gasteiger partial charge >= 0.3 is 0 Å². The fourth-order valence-corrected chi connectivity index (χ4v) is 2.62. The lowest BCUT2D eigenvalue weighted by atomic mass is 10.1. The van der Waals surface area contributed by atoms with Crippen molar-refractivity contribution in [2.45, 2.75) is 47.2 Å². The molecule has 21 heavy (non-hydrogen) atoms.